The highest BCUT2D eigenvalue weighted by molar-refractivity contribution is 5.96. The molecule has 2 amide bonds. The highest BCUT2D eigenvalue weighted by Gasteiger charge is 2.01. The van der Waals surface area contributed by atoms with Crippen LogP contribution in [0.15, 0.2) is 24.3 Å². The summed E-state index contributed by atoms with van der Waals surface area (Å²) in [5, 5.41) is 4.66. The maximum absolute atomic E-state index is 11.3. The van der Waals surface area contributed by atoms with Crippen LogP contribution in [-0.2, 0) is 28.7 Å². The fourth-order valence-electron chi connectivity index (χ4n) is 1.13. The van der Waals surface area contributed by atoms with E-state index in [2.05, 4.69) is 10.6 Å². The fourth-order valence-corrected chi connectivity index (χ4v) is 1.13. The molecule has 0 bridgehead atoms. The van der Waals surface area contributed by atoms with E-state index in [0.29, 0.717) is 12.8 Å². The van der Waals surface area contributed by atoms with Gasteiger partial charge in [0, 0.05) is 24.3 Å². The summed E-state index contributed by atoms with van der Waals surface area (Å²) in [6, 6.07) is 0. The van der Waals surface area contributed by atoms with Crippen molar-refractivity contribution in [1.82, 2.24) is 10.6 Å². The van der Waals surface area contributed by atoms with Crippen LogP contribution in [0.1, 0.15) is 26.7 Å². The van der Waals surface area contributed by atoms with Crippen LogP contribution in [-0.4, -0.2) is 43.6 Å². The number of ether oxygens (including phenoxy) is 2. The van der Waals surface area contributed by atoms with E-state index >= 15 is 0 Å². The van der Waals surface area contributed by atoms with Gasteiger partial charge >= 0.3 is 11.9 Å². The molecule has 0 heterocycles. The van der Waals surface area contributed by atoms with Crippen LogP contribution in [0.5, 0.6) is 0 Å². The summed E-state index contributed by atoms with van der Waals surface area (Å²) in [6.07, 6.45) is 5.38. The second-order valence-corrected chi connectivity index (χ2v) is 4.26. The summed E-state index contributed by atoms with van der Waals surface area (Å²) in [5.74, 6) is -2.35. The summed E-state index contributed by atoms with van der Waals surface area (Å²) in [4.78, 5) is 44.9. The minimum absolute atomic E-state index is 0.152. The van der Waals surface area contributed by atoms with E-state index in [1.165, 1.54) is 0 Å². The normalized spacial score (nSPS) is 10.5. The monoisotopic (exact) mass is 326 g/mol. The predicted molar refractivity (Wildman–Crippen MR) is 81.9 cm³/mol. The maximum atomic E-state index is 11.3. The molecule has 0 aliphatic heterocycles. The Labute approximate surface area is 134 Å². The number of carbonyl (C=O) groups excluding carboxylic acids is 4. The highest BCUT2D eigenvalue weighted by Crippen LogP contribution is 1.86. The van der Waals surface area contributed by atoms with Crippen LogP contribution >= 0.6 is 0 Å². The van der Waals surface area contributed by atoms with Crippen molar-refractivity contribution in [3.63, 3.8) is 0 Å². The Morgan fingerprint density at radius 3 is 1.48 bits per heavy atom. The first kappa shape index (κ1) is 20.4. The summed E-state index contributed by atoms with van der Waals surface area (Å²) in [5.41, 5.74) is 0. The van der Waals surface area contributed by atoms with Gasteiger partial charge in [-0.05, 0) is 12.8 Å². The average Bonchev–Trinajstić information content (AvgIpc) is 2.54. The summed E-state index contributed by atoms with van der Waals surface area (Å²) in [6.45, 7) is 4.12. The van der Waals surface area contributed by atoms with Crippen LogP contribution in [0.2, 0.25) is 0 Å². The Morgan fingerprint density at radius 1 is 0.739 bits per heavy atom. The van der Waals surface area contributed by atoms with Gasteiger partial charge in [0.2, 0.25) is 11.8 Å². The van der Waals surface area contributed by atoms with E-state index in [1.54, 1.807) is 0 Å². The third-order valence-corrected chi connectivity index (χ3v) is 2.16. The van der Waals surface area contributed by atoms with E-state index in [0.717, 1.165) is 24.3 Å². The van der Waals surface area contributed by atoms with Gasteiger partial charge in [0.15, 0.2) is 0 Å². The van der Waals surface area contributed by atoms with Gasteiger partial charge in [-0.2, -0.15) is 0 Å². The Balaban J connectivity index is 3.92. The van der Waals surface area contributed by atoms with Crippen molar-refractivity contribution in [2.24, 2.45) is 0 Å². The van der Waals surface area contributed by atoms with Crippen molar-refractivity contribution in [2.75, 3.05) is 19.9 Å². The Kier molecular flexibility index (Phi) is 11.6. The number of nitrogens with one attached hydrogen (secondary N) is 2. The first-order valence-corrected chi connectivity index (χ1v) is 7.24. The average molecular weight is 326 g/mol. The molecular formula is C15H22N2O6. The molecule has 128 valence electrons. The maximum Gasteiger partial charge on any atom is 0.330 e. The van der Waals surface area contributed by atoms with Gasteiger partial charge in [0.25, 0.3) is 0 Å². The van der Waals surface area contributed by atoms with Gasteiger partial charge < -0.3 is 20.1 Å². The standard InChI is InChI=1S/C15H22N2O6/c1-3-9-22-14(20)7-5-12(18)16-11-17-13(19)6-8-15(21)23-10-4-2/h5-8H,3-4,9-11H2,1-2H3,(H,16,18)(H,17,19)/b7-5+,8-6+. The summed E-state index contributed by atoms with van der Waals surface area (Å²) < 4.78 is 9.48. The molecule has 8 nitrogen and oxygen atoms in total. The minimum Gasteiger partial charge on any atom is -0.463 e. The van der Waals surface area contributed by atoms with E-state index in [9.17, 15) is 19.2 Å². The van der Waals surface area contributed by atoms with Gasteiger partial charge in [0.1, 0.15) is 0 Å². The zero-order valence-electron chi connectivity index (χ0n) is 13.3. The molecule has 0 rings (SSSR count). The van der Waals surface area contributed by atoms with Gasteiger partial charge in [-0.25, -0.2) is 9.59 Å². The molecule has 0 saturated heterocycles. The summed E-state index contributed by atoms with van der Waals surface area (Å²) in [7, 11) is 0. The predicted octanol–water partition coefficient (Wildman–Crippen LogP) is 0.195. The van der Waals surface area contributed by atoms with Gasteiger partial charge in [-0.3, -0.25) is 9.59 Å². The number of esters is 2. The topological polar surface area (TPSA) is 111 Å². The van der Waals surface area contributed by atoms with Gasteiger partial charge in [-0.15, -0.1) is 0 Å². The molecule has 0 aliphatic rings. The molecule has 8 heteroatoms. The molecule has 0 aliphatic carbocycles. The number of carbonyl (C=O) groups is 4. The first-order chi connectivity index (χ1) is 11.0. The molecule has 0 saturated carbocycles. The fraction of sp³-hybridized carbons (Fsp3) is 0.467. The Bertz CT molecular complexity index is 429. The van der Waals surface area contributed by atoms with Crippen LogP contribution in [0.25, 0.3) is 0 Å². The van der Waals surface area contributed by atoms with E-state index in [-0.39, 0.29) is 19.9 Å². The molecule has 0 atom stereocenters. The van der Waals surface area contributed by atoms with Crippen LogP contribution in [0, 0.1) is 0 Å². The molecule has 23 heavy (non-hydrogen) atoms. The van der Waals surface area contributed by atoms with Gasteiger partial charge in [0.05, 0.1) is 19.9 Å². The molecule has 2 N–H and O–H groups in total. The molecule has 0 aromatic carbocycles. The minimum atomic E-state index is -0.612. The molecular weight excluding hydrogens is 304 g/mol. The van der Waals surface area contributed by atoms with Crippen molar-refractivity contribution in [3.05, 3.63) is 24.3 Å². The van der Waals surface area contributed by atoms with E-state index in [4.69, 9.17) is 9.47 Å². The lowest BCUT2D eigenvalue weighted by Crippen LogP contribution is -2.35. The van der Waals surface area contributed by atoms with Crippen molar-refractivity contribution in [2.45, 2.75) is 26.7 Å². The highest BCUT2D eigenvalue weighted by atomic mass is 16.5. The second kappa shape index (κ2) is 13.1. The Hall–Kier alpha value is -2.64. The lowest BCUT2D eigenvalue weighted by Gasteiger charge is -2.03. The second-order valence-electron chi connectivity index (χ2n) is 4.26. The quantitative estimate of drug-likeness (QED) is 0.337. The number of rotatable bonds is 10. The van der Waals surface area contributed by atoms with Crippen molar-refractivity contribution >= 4 is 23.8 Å². The van der Waals surface area contributed by atoms with Crippen molar-refractivity contribution < 1.29 is 28.7 Å². The summed E-state index contributed by atoms with van der Waals surface area (Å²) >= 11 is 0. The number of amides is 2. The smallest absolute Gasteiger partial charge is 0.330 e. The lowest BCUT2D eigenvalue weighted by atomic mass is 10.4. The molecule has 0 spiro atoms. The van der Waals surface area contributed by atoms with E-state index < -0.39 is 23.8 Å². The van der Waals surface area contributed by atoms with Crippen LogP contribution in [0.3, 0.4) is 0 Å². The first-order valence-electron chi connectivity index (χ1n) is 7.24. The largest absolute Gasteiger partial charge is 0.463 e. The van der Waals surface area contributed by atoms with Crippen molar-refractivity contribution in [1.29, 1.82) is 0 Å². The number of hydrogen-bond acceptors (Lipinski definition) is 6. The van der Waals surface area contributed by atoms with Crippen molar-refractivity contribution in [3.8, 4) is 0 Å². The lowest BCUT2D eigenvalue weighted by molar-refractivity contribution is -0.138. The molecule has 0 radical (unpaired) electrons. The third-order valence-electron chi connectivity index (χ3n) is 2.16. The number of hydrogen-bond donors (Lipinski definition) is 2. The molecule has 0 unspecified atom stereocenters. The molecule has 0 aromatic heterocycles. The molecule has 0 aromatic rings. The molecule has 0 fully saturated rings. The van der Waals surface area contributed by atoms with Gasteiger partial charge in [-0.1, -0.05) is 13.8 Å². The van der Waals surface area contributed by atoms with Crippen LogP contribution in [0.4, 0.5) is 0 Å². The van der Waals surface area contributed by atoms with Crippen LogP contribution < -0.4 is 10.6 Å². The Morgan fingerprint density at radius 2 is 1.13 bits per heavy atom. The zero-order valence-corrected chi connectivity index (χ0v) is 13.3. The SMILES string of the molecule is CCCOC(=O)/C=C/C(=O)NCNC(=O)/C=C/C(=O)OCCC. The third kappa shape index (κ3) is 12.8. The zero-order chi connectivity index (χ0) is 17.5. The van der Waals surface area contributed by atoms with E-state index in [1.807, 2.05) is 13.8 Å².